The first-order valence-corrected chi connectivity index (χ1v) is 11.5. The van der Waals surface area contributed by atoms with Gasteiger partial charge >= 0.3 is 0 Å². The number of carbonyl (C=O) groups is 1. The molecule has 0 unspecified atom stereocenters. The van der Waals surface area contributed by atoms with Crippen LogP contribution in [-0.2, 0) is 21.4 Å². The quantitative estimate of drug-likeness (QED) is 0.472. The highest BCUT2D eigenvalue weighted by Gasteiger charge is 2.35. The molecule has 0 bridgehead atoms. The van der Waals surface area contributed by atoms with Gasteiger partial charge in [0.2, 0.25) is 5.91 Å². The molecule has 0 aliphatic carbocycles. The summed E-state index contributed by atoms with van der Waals surface area (Å²) in [7, 11) is -3.82. The third-order valence-corrected chi connectivity index (χ3v) is 8.01. The molecule has 1 aliphatic rings. The summed E-state index contributed by atoms with van der Waals surface area (Å²) in [4.78, 5) is 22.6. The minimum atomic E-state index is -3.82. The molecule has 0 spiro atoms. The number of likely N-dealkylation sites (tertiary alicyclic amines) is 1. The molecule has 4 aromatic rings. The van der Waals surface area contributed by atoms with E-state index in [4.69, 9.17) is 4.52 Å². The molecular weight excluding hydrogens is 426 g/mol. The molecule has 0 radical (unpaired) electrons. The largest absolute Gasteiger partial charge is 0.364 e. The summed E-state index contributed by atoms with van der Waals surface area (Å²) >= 11 is 1.08. The molecule has 1 amide bonds. The van der Waals surface area contributed by atoms with Crippen molar-refractivity contribution in [3.05, 3.63) is 54.6 Å². The molecule has 5 rings (SSSR count). The molecule has 1 fully saturated rings. The Kier molecular flexibility index (Phi) is 4.65. The topological polar surface area (TPSA) is 121 Å². The highest BCUT2D eigenvalue weighted by Crippen LogP contribution is 2.30. The number of hydrogen-bond donors (Lipinski definition) is 2. The van der Waals surface area contributed by atoms with E-state index < -0.39 is 16.1 Å². The van der Waals surface area contributed by atoms with Crippen LogP contribution in [0, 0.1) is 0 Å². The van der Waals surface area contributed by atoms with Crippen LogP contribution in [0.5, 0.6) is 0 Å². The molecule has 154 valence electrons. The summed E-state index contributed by atoms with van der Waals surface area (Å²) in [5.41, 5.74) is 3.16. The Balaban J connectivity index is 1.28. The van der Waals surface area contributed by atoms with Gasteiger partial charge in [-0.2, -0.15) is 4.72 Å². The summed E-state index contributed by atoms with van der Waals surface area (Å²) in [5, 5.41) is 3.81. The number of pyridine rings is 1. The Morgan fingerprint density at radius 3 is 3.00 bits per heavy atom. The minimum absolute atomic E-state index is 0.133. The molecule has 1 aliphatic heterocycles. The van der Waals surface area contributed by atoms with Gasteiger partial charge in [-0.15, -0.1) is 11.3 Å². The van der Waals surface area contributed by atoms with Crippen LogP contribution in [0.4, 0.5) is 0 Å². The fourth-order valence-corrected chi connectivity index (χ4v) is 6.00. The van der Waals surface area contributed by atoms with Crippen LogP contribution in [0.15, 0.2) is 57.6 Å². The van der Waals surface area contributed by atoms with Gasteiger partial charge in [0.05, 0.1) is 22.5 Å². The molecule has 5 heterocycles. The van der Waals surface area contributed by atoms with E-state index in [1.54, 1.807) is 23.2 Å². The average molecular weight is 444 g/mol. The van der Waals surface area contributed by atoms with Crippen LogP contribution in [-0.4, -0.2) is 46.9 Å². The summed E-state index contributed by atoms with van der Waals surface area (Å²) in [5.74, 6) is -0.238. The molecule has 9 nitrogen and oxygen atoms in total. The van der Waals surface area contributed by atoms with E-state index in [2.05, 4.69) is 19.8 Å². The van der Waals surface area contributed by atoms with Gasteiger partial charge in [-0.3, -0.25) is 9.78 Å². The van der Waals surface area contributed by atoms with Crippen molar-refractivity contribution in [3.63, 3.8) is 0 Å². The van der Waals surface area contributed by atoms with E-state index >= 15 is 0 Å². The zero-order valence-electron chi connectivity index (χ0n) is 15.6. The first kappa shape index (κ1) is 19.0. The van der Waals surface area contributed by atoms with E-state index in [1.165, 1.54) is 12.3 Å². The molecular formula is C19H17N5O4S2. The maximum absolute atomic E-state index is 12.8. The van der Waals surface area contributed by atoms with E-state index in [9.17, 15) is 13.2 Å². The van der Waals surface area contributed by atoms with Crippen LogP contribution >= 0.6 is 11.3 Å². The molecule has 4 aromatic heterocycles. The Morgan fingerprint density at radius 1 is 1.30 bits per heavy atom. The number of carbonyl (C=O) groups excluding carboxylic acids is 1. The predicted octanol–water partition coefficient (Wildman–Crippen LogP) is 2.36. The first-order chi connectivity index (χ1) is 14.5. The molecule has 0 saturated carbocycles. The number of nitrogens with one attached hydrogen (secondary N) is 2. The van der Waals surface area contributed by atoms with Crippen LogP contribution in [0.1, 0.15) is 12.1 Å². The third-order valence-electron chi connectivity index (χ3n) is 4.94. The Labute approximate surface area is 175 Å². The summed E-state index contributed by atoms with van der Waals surface area (Å²) < 4.78 is 33.0. The van der Waals surface area contributed by atoms with Crippen molar-refractivity contribution in [1.29, 1.82) is 0 Å². The number of nitrogens with zero attached hydrogens (tertiary/aromatic N) is 3. The number of fused-ring (bicyclic) bond motifs is 1. The SMILES string of the molecule is O=C1[C@@H](NS(=O)(=O)c2ccc(-c3ccon3)s2)CCN1Cc1cc2ncccc2[nH]1. The smallest absolute Gasteiger partial charge is 0.250 e. The van der Waals surface area contributed by atoms with Gasteiger partial charge in [0.1, 0.15) is 22.2 Å². The van der Waals surface area contributed by atoms with E-state index in [1.807, 2.05) is 18.2 Å². The number of thiophene rings is 1. The van der Waals surface area contributed by atoms with E-state index in [0.29, 0.717) is 30.1 Å². The zero-order chi connectivity index (χ0) is 20.7. The van der Waals surface area contributed by atoms with Gasteiger partial charge in [0.15, 0.2) is 0 Å². The maximum Gasteiger partial charge on any atom is 0.250 e. The van der Waals surface area contributed by atoms with Crippen LogP contribution in [0.25, 0.3) is 21.6 Å². The zero-order valence-corrected chi connectivity index (χ0v) is 17.2. The first-order valence-electron chi connectivity index (χ1n) is 9.24. The molecule has 0 aromatic carbocycles. The molecule has 1 saturated heterocycles. The normalized spacial score (nSPS) is 17.3. The fourth-order valence-electron chi connectivity index (χ4n) is 3.50. The average Bonchev–Trinajstić information content (AvgIpc) is 3.50. The fraction of sp³-hybridized carbons (Fsp3) is 0.211. The molecule has 1 atom stereocenters. The Hall–Kier alpha value is -3.02. The standard InChI is InChI=1S/C19H17N5O4S2/c25-19-15(5-8-24(19)11-12-10-16-13(21-12)2-1-7-20-16)23-30(26,27)18-4-3-17(29-18)14-6-9-28-22-14/h1-4,6-7,9-10,15,21,23H,5,8,11H2/t15-/m0/s1. The van der Waals surface area contributed by atoms with Gasteiger partial charge in [-0.05, 0) is 36.8 Å². The minimum Gasteiger partial charge on any atom is -0.364 e. The summed E-state index contributed by atoms with van der Waals surface area (Å²) in [6.45, 7) is 0.853. The molecule has 2 N–H and O–H groups in total. The van der Waals surface area contributed by atoms with Gasteiger partial charge in [0.25, 0.3) is 10.0 Å². The summed E-state index contributed by atoms with van der Waals surface area (Å²) in [6.07, 6.45) is 3.55. The van der Waals surface area contributed by atoms with Crippen LogP contribution in [0.3, 0.4) is 0 Å². The number of aromatic amines is 1. The van der Waals surface area contributed by atoms with Crippen molar-refractivity contribution in [3.8, 4) is 10.6 Å². The lowest BCUT2D eigenvalue weighted by Gasteiger charge is -2.16. The highest BCUT2D eigenvalue weighted by molar-refractivity contribution is 7.91. The highest BCUT2D eigenvalue weighted by atomic mass is 32.2. The second-order valence-electron chi connectivity index (χ2n) is 6.96. The van der Waals surface area contributed by atoms with Crippen molar-refractivity contribution < 1.29 is 17.7 Å². The number of hydrogen-bond acceptors (Lipinski definition) is 7. The van der Waals surface area contributed by atoms with Crippen LogP contribution < -0.4 is 4.72 Å². The third kappa shape index (κ3) is 3.51. The lowest BCUT2D eigenvalue weighted by Crippen LogP contribution is -2.41. The predicted molar refractivity (Wildman–Crippen MR) is 110 cm³/mol. The number of sulfonamides is 1. The van der Waals surface area contributed by atoms with Crippen molar-refractivity contribution >= 4 is 38.3 Å². The molecule has 30 heavy (non-hydrogen) atoms. The Morgan fingerprint density at radius 2 is 2.20 bits per heavy atom. The monoisotopic (exact) mass is 443 g/mol. The molecule has 11 heteroatoms. The lowest BCUT2D eigenvalue weighted by molar-refractivity contribution is -0.129. The maximum atomic E-state index is 12.8. The number of rotatable bonds is 6. The van der Waals surface area contributed by atoms with Crippen LogP contribution in [0.2, 0.25) is 0 Å². The number of H-pyrrole nitrogens is 1. The number of aromatic nitrogens is 3. The van der Waals surface area contributed by atoms with Crippen molar-refractivity contribution in [2.45, 2.75) is 23.2 Å². The van der Waals surface area contributed by atoms with Crippen molar-refractivity contribution in [2.75, 3.05) is 6.54 Å². The second kappa shape index (κ2) is 7.35. The van der Waals surface area contributed by atoms with Gasteiger partial charge in [0, 0.05) is 24.5 Å². The van der Waals surface area contributed by atoms with Gasteiger partial charge in [-0.25, -0.2) is 8.42 Å². The Bertz CT molecular complexity index is 1280. The van der Waals surface area contributed by atoms with E-state index in [0.717, 1.165) is 28.1 Å². The van der Waals surface area contributed by atoms with Crippen molar-refractivity contribution in [2.24, 2.45) is 0 Å². The van der Waals surface area contributed by atoms with Gasteiger partial charge < -0.3 is 14.4 Å². The van der Waals surface area contributed by atoms with Crippen molar-refractivity contribution in [1.82, 2.24) is 24.7 Å². The van der Waals surface area contributed by atoms with Gasteiger partial charge in [-0.1, -0.05) is 5.16 Å². The second-order valence-corrected chi connectivity index (χ2v) is 9.98. The summed E-state index contributed by atoms with van der Waals surface area (Å²) in [6, 6.07) is 9.71. The lowest BCUT2D eigenvalue weighted by atomic mass is 10.3. The number of amides is 1. The van der Waals surface area contributed by atoms with E-state index in [-0.39, 0.29) is 10.1 Å².